The van der Waals surface area contributed by atoms with E-state index in [0.717, 1.165) is 49.2 Å². The molecule has 0 saturated carbocycles. The number of ether oxygens (including phenoxy) is 2. The standard InChI is InChI=1S/C24H27N3O3S/c1-18-2-8-21(9-3-18)30-16-23-26-22(17-31-23)24(28)25-14-19-4-6-20(7-5-19)15-27-10-12-29-13-11-27/h2-9,17H,10-16H2,1H3,(H,25,28). The van der Waals surface area contributed by atoms with Gasteiger partial charge in [-0.05, 0) is 30.2 Å². The van der Waals surface area contributed by atoms with E-state index in [1.807, 2.05) is 31.2 Å². The van der Waals surface area contributed by atoms with Crippen LogP contribution in [0.5, 0.6) is 5.75 Å². The smallest absolute Gasteiger partial charge is 0.271 e. The van der Waals surface area contributed by atoms with E-state index < -0.39 is 0 Å². The molecule has 162 valence electrons. The number of aromatic nitrogens is 1. The van der Waals surface area contributed by atoms with Gasteiger partial charge in [0.1, 0.15) is 23.1 Å². The number of amides is 1. The maximum atomic E-state index is 12.4. The normalized spacial score (nSPS) is 14.4. The van der Waals surface area contributed by atoms with Crippen LogP contribution in [-0.4, -0.2) is 42.1 Å². The van der Waals surface area contributed by atoms with Crippen LogP contribution in [0.1, 0.15) is 32.2 Å². The van der Waals surface area contributed by atoms with Crippen molar-refractivity contribution >= 4 is 17.2 Å². The van der Waals surface area contributed by atoms with Gasteiger partial charge in [-0.3, -0.25) is 9.69 Å². The number of nitrogens with zero attached hydrogens (tertiary/aromatic N) is 2. The quantitative estimate of drug-likeness (QED) is 0.581. The molecule has 0 unspecified atom stereocenters. The summed E-state index contributed by atoms with van der Waals surface area (Å²) >= 11 is 1.43. The first-order valence-electron chi connectivity index (χ1n) is 10.5. The average Bonchev–Trinajstić information content (AvgIpc) is 3.28. The van der Waals surface area contributed by atoms with Crippen LogP contribution < -0.4 is 10.1 Å². The summed E-state index contributed by atoms with van der Waals surface area (Å²) < 4.78 is 11.1. The highest BCUT2D eigenvalue weighted by Gasteiger charge is 2.12. The van der Waals surface area contributed by atoms with Gasteiger partial charge in [0, 0.05) is 31.6 Å². The highest BCUT2D eigenvalue weighted by atomic mass is 32.1. The Balaban J connectivity index is 1.23. The monoisotopic (exact) mass is 437 g/mol. The lowest BCUT2D eigenvalue weighted by Crippen LogP contribution is -2.35. The van der Waals surface area contributed by atoms with Gasteiger partial charge in [0.2, 0.25) is 0 Å². The van der Waals surface area contributed by atoms with Crippen LogP contribution in [-0.2, 0) is 24.4 Å². The minimum absolute atomic E-state index is 0.171. The van der Waals surface area contributed by atoms with Crippen LogP contribution in [0, 0.1) is 6.92 Å². The van der Waals surface area contributed by atoms with Crippen LogP contribution in [0.15, 0.2) is 53.9 Å². The van der Waals surface area contributed by atoms with E-state index in [-0.39, 0.29) is 5.91 Å². The third kappa shape index (κ3) is 6.37. The van der Waals surface area contributed by atoms with Gasteiger partial charge in [0.25, 0.3) is 5.91 Å². The van der Waals surface area contributed by atoms with Crippen LogP contribution in [0.3, 0.4) is 0 Å². The fourth-order valence-corrected chi connectivity index (χ4v) is 4.00. The number of morpholine rings is 1. The lowest BCUT2D eigenvalue weighted by atomic mass is 10.1. The molecule has 0 radical (unpaired) electrons. The van der Waals surface area contributed by atoms with Crippen molar-refractivity contribution in [3.05, 3.63) is 81.3 Å². The lowest BCUT2D eigenvalue weighted by molar-refractivity contribution is 0.0342. The fraction of sp³-hybridized carbons (Fsp3) is 0.333. The van der Waals surface area contributed by atoms with Gasteiger partial charge in [0.05, 0.1) is 13.2 Å². The summed E-state index contributed by atoms with van der Waals surface area (Å²) in [6.45, 7) is 7.36. The first-order valence-corrected chi connectivity index (χ1v) is 11.3. The van der Waals surface area contributed by atoms with Gasteiger partial charge in [0.15, 0.2) is 0 Å². The molecule has 0 atom stereocenters. The predicted octanol–water partition coefficient (Wildman–Crippen LogP) is 3.79. The van der Waals surface area contributed by atoms with Crippen LogP contribution in [0.2, 0.25) is 0 Å². The van der Waals surface area contributed by atoms with Crippen molar-refractivity contribution in [3.63, 3.8) is 0 Å². The zero-order chi connectivity index (χ0) is 21.5. The molecule has 2 heterocycles. The summed E-state index contributed by atoms with van der Waals surface area (Å²) in [6, 6.07) is 16.3. The van der Waals surface area contributed by atoms with Gasteiger partial charge in [-0.2, -0.15) is 0 Å². The Labute approximate surface area is 186 Å². The first kappa shape index (κ1) is 21.5. The first-order chi connectivity index (χ1) is 15.2. The summed E-state index contributed by atoms with van der Waals surface area (Å²) in [6.07, 6.45) is 0. The number of rotatable bonds is 8. The van der Waals surface area contributed by atoms with Crippen molar-refractivity contribution in [2.75, 3.05) is 26.3 Å². The van der Waals surface area contributed by atoms with E-state index in [9.17, 15) is 4.79 Å². The number of hydrogen-bond acceptors (Lipinski definition) is 6. The Hall–Kier alpha value is -2.74. The van der Waals surface area contributed by atoms with Crippen molar-refractivity contribution in [1.82, 2.24) is 15.2 Å². The Morgan fingerprint density at radius 2 is 1.81 bits per heavy atom. The molecule has 31 heavy (non-hydrogen) atoms. The Morgan fingerprint density at radius 3 is 2.55 bits per heavy atom. The molecule has 0 spiro atoms. The van der Waals surface area contributed by atoms with E-state index in [0.29, 0.717) is 18.8 Å². The maximum absolute atomic E-state index is 12.4. The van der Waals surface area contributed by atoms with E-state index in [2.05, 4.69) is 39.5 Å². The average molecular weight is 438 g/mol. The maximum Gasteiger partial charge on any atom is 0.271 e. The molecule has 0 bridgehead atoms. The van der Waals surface area contributed by atoms with Crippen molar-refractivity contribution in [2.24, 2.45) is 0 Å². The van der Waals surface area contributed by atoms with E-state index in [4.69, 9.17) is 9.47 Å². The summed E-state index contributed by atoms with van der Waals surface area (Å²) in [4.78, 5) is 19.2. The number of thiazole rings is 1. The summed E-state index contributed by atoms with van der Waals surface area (Å²) in [5, 5.41) is 5.50. The zero-order valence-electron chi connectivity index (χ0n) is 17.7. The molecular formula is C24H27N3O3S. The predicted molar refractivity (Wildman–Crippen MR) is 121 cm³/mol. The highest BCUT2D eigenvalue weighted by Crippen LogP contribution is 2.16. The topological polar surface area (TPSA) is 63.7 Å². The summed E-state index contributed by atoms with van der Waals surface area (Å²) in [7, 11) is 0. The molecule has 7 heteroatoms. The second-order valence-electron chi connectivity index (χ2n) is 7.62. The molecular weight excluding hydrogens is 410 g/mol. The number of benzene rings is 2. The molecule has 2 aromatic carbocycles. The van der Waals surface area contributed by atoms with E-state index >= 15 is 0 Å². The number of carbonyl (C=O) groups excluding carboxylic acids is 1. The Morgan fingerprint density at radius 1 is 1.10 bits per heavy atom. The minimum Gasteiger partial charge on any atom is -0.486 e. The van der Waals surface area contributed by atoms with Gasteiger partial charge in [-0.25, -0.2) is 4.98 Å². The minimum atomic E-state index is -0.171. The molecule has 1 N–H and O–H groups in total. The molecule has 1 aromatic heterocycles. The SMILES string of the molecule is Cc1ccc(OCc2nc(C(=O)NCc3ccc(CN4CCOCC4)cc3)cs2)cc1. The van der Waals surface area contributed by atoms with Gasteiger partial charge in [-0.1, -0.05) is 42.0 Å². The zero-order valence-corrected chi connectivity index (χ0v) is 18.5. The molecule has 4 rings (SSSR count). The largest absolute Gasteiger partial charge is 0.486 e. The molecule has 6 nitrogen and oxygen atoms in total. The second kappa shape index (κ2) is 10.5. The molecule has 0 aliphatic carbocycles. The number of hydrogen-bond donors (Lipinski definition) is 1. The Bertz CT molecular complexity index is 980. The van der Waals surface area contributed by atoms with E-state index in [1.165, 1.54) is 22.5 Å². The highest BCUT2D eigenvalue weighted by molar-refractivity contribution is 7.09. The molecule has 3 aromatic rings. The van der Waals surface area contributed by atoms with Gasteiger partial charge < -0.3 is 14.8 Å². The fourth-order valence-electron chi connectivity index (χ4n) is 3.31. The summed E-state index contributed by atoms with van der Waals surface area (Å²) in [5.74, 6) is 0.624. The lowest BCUT2D eigenvalue weighted by Gasteiger charge is -2.26. The van der Waals surface area contributed by atoms with Crippen molar-refractivity contribution in [1.29, 1.82) is 0 Å². The van der Waals surface area contributed by atoms with Crippen molar-refractivity contribution in [3.8, 4) is 5.75 Å². The molecule has 1 fully saturated rings. The van der Waals surface area contributed by atoms with Crippen molar-refractivity contribution < 1.29 is 14.3 Å². The second-order valence-corrected chi connectivity index (χ2v) is 8.56. The van der Waals surface area contributed by atoms with Crippen LogP contribution in [0.4, 0.5) is 0 Å². The molecule has 1 aliphatic heterocycles. The van der Waals surface area contributed by atoms with Crippen molar-refractivity contribution in [2.45, 2.75) is 26.6 Å². The molecule has 1 saturated heterocycles. The number of carbonyl (C=O) groups is 1. The number of nitrogens with one attached hydrogen (secondary N) is 1. The van der Waals surface area contributed by atoms with Crippen LogP contribution >= 0.6 is 11.3 Å². The molecule has 1 amide bonds. The molecule has 1 aliphatic rings. The van der Waals surface area contributed by atoms with Gasteiger partial charge in [-0.15, -0.1) is 11.3 Å². The third-order valence-corrected chi connectivity index (χ3v) is 5.98. The van der Waals surface area contributed by atoms with Gasteiger partial charge >= 0.3 is 0 Å². The third-order valence-electron chi connectivity index (χ3n) is 5.15. The van der Waals surface area contributed by atoms with Crippen LogP contribution in [0.25, 0.3) is 0 Å². The Kier molecular flexibility index (Phi) is 7.30. The van der Waals surface area contributed by atoms with E-state index in [1.54, 1.807) is 5.38 Å². The summed E-state index contributed by atoms with van der Waals surface area (Å²) in [5.41, 5.74) is 3.95. The number of aryl methyl sites for hydroxylation is 1.